The van der Waals surface area contributed by atoms with Gasteiger partial charge >= 0.3 is 0 Å². The molecule has 1 saturated carbocycles. The number of hydrogen-bond donors (Lipinski definition) is 2. The van der Waals surface area contributed by atoms with Gasteiger partial charge in [-0.05, 0) is 30.7 Å². The molecule has 1 fully saturated rings. The molecular weight excluding hydrogens is 232 g/mol. The van der Waals surface area contributed by atoms with E-state index in [1.807, 2.05) is 17.7 Å². The lowest BCUT2D eigenvalue weighted by molar-refractivity contribution is 0.0928. The summed E-state index contributed by atoms with van der Waals surface area (Å²) in [5.74, 6) is 0.0334. The van der Waals surface area contributed by atoms with Gasteiger partial charge in [0.05, 0.1) is 5.56 Å². The van der Waals surface area contributed by atoms with Crippen LogP contribution in [0.25, 0.3) is 0 Å². The van der Waals surface area contributed by atoms with Crippen LogP contribution in [0.2, 0.25) is 0 Å². The first-order valence-electron chi connectivity index (χ1n) is 6.27. The first kappa shape index (κ1) is 12.6. The Morgan fingerprint density at radius 3 is 2.82 bits per heavy atom. The highest BCUT2D eigenvalue weighted by Gasteiger charge is 2.23. The number of rotatable bonds is 2. The molecular formula is C13H20N2OS. The number of nitrogens with one attached hydrogen (secondary N) is 1. The second kappa shape index (κ2) is 5.65. The summed E-state index contributed by atoms with van der Waals surface area (Å²) < 4.78 is 0. The van der Waals surface area contributed by atoms with Crippen LogP contribution in [0.1, 0.15) is 48.0 Å². The van der Waals surface area contributed by atoms with Gasteiger partial charge in [-0.2, -0.15) is 11.3 Å². The van der Waals surface area contributed by atoms with Crippen LogP contribution in [-0.4, -0.2) is 18.0 Å². The number of amides is 1. The summed E-state index contributed by atoms with van der Waals surface area (Å²) >= 11 is 1.57. The van der Waals surface area contributed by atoms with E-state index in [1.165, 1.54) is 19.3 Å². The molecule has 0 saturated heterocycles. The predicted molar refractivity (Wildman–Crippen MR) is 71.4 cm³/mol. The number of nitrogens with two attached hydrogens (primary N) is 1. The van der Waals surface area contributed by atoms with Crippen molar-refractivity contribution in [2.45, 2.75) is 51.1 Å². The van der Waals surface area contributed by atoms with E-state index < -0.39 is 0 Å². The highest BCUT2D eigenvalue weighted by atomic mass is 32.1. The Labute approximate surface area is 106 Å². The predicted octanol–water partition coefficient (Wildman–Crippen LogP) is 2.45. The Kier molecular flexibility index (Phi) is 4.18. The third-order valence-corrected chi connectivity index (χ3v) is 4.35. The van der Waals surface area contributed by atoms with E-state index in [9.17, 15) is 4.79 Å². The second-order valence-electron chi connectivity index (χ2n) is 4.85. The average Bonchev–Trinajstić information content (AvgIpc) is 2.63. The zero-order chi connectivity index (χ0) is 12.3. The van der Waals surface area contributed by atoms with E-state index in [0.717, 1.165) is 24.0 Å². The summed E-state index contributed by atoms with van der Waals surface area (Å²) in [6.45, 7) is 1.97. The molecule has 1 amide bonds. The van der Waals surface area contributed by atoms with Crippen LogP contribution in [0, 0.1) is 6.92 Å². The number of thiophene rings is 1. The zero-order valence-corrected chi connectivity index (χ0v) is 11.1. The van der Waals surface area contributed by atoms with E-state index in [0.29, 0.717) is 0 Å². The molecule has 2 unspecified atom stereocenters. The fourth-order valence-electron chi connectivity index (χ4n) is 2.35. The molecule has 0 bridgehead atoms. The largest absolute Gasteiger partial charge is 0.348 e. The van der Waals surface area contributed by atoms with Gasteiger partial charge in [0.25, 0.3) is 5.91 Å². The van der Waals surface area contributed by atoms with E-state index >= 15 is 0 Å². The van der Waals surface area contributed by atoms with Gasteiger partial charge in [-0.15, -0.1) is 0 Å². The van der Waals surface area contributed by atoms with Crippen molar-refractivity contribution in [1.82, 2.24) is 5.32 Å². The molecule has 94 valence electrons. The van der Waals surface area contributed by atoms with Crippen molar-refractivity contribution in [1.29, 1.82) is 0 Å². The van der Waals surface area contributed by atoms with Crippen molar-refractivity contribution in [3.05, 3.63) is 21.9 Å². The molecule has 4 heteroatoms. The quantitative estimate of drug-likeness (QED) is 0.794. The average molecular weight is 252 g/mol. The SMILES string of the molecule is Cc1cscc1C(=O)NC1CCCCCC1N. The monoisotopic (exact) mass is 252 g/mol. The molecule has 1 aliphatic rings. The van der Waals surface area contributed by atoms with Gasteiger partial charge in [-0.3, -0.25) is 4.79 Å². The molecule has 2 atom stereocenters. The van der Waals surface area contributed by atoms with Crippen molar-refractivity contribution in [3.63, 3.8) is 0 Å². The van der Waals surface area contributed by atoms with Crippen molar-refractivity contribution in [2.75, 3.05) is 0 Å². The van der Waals surface area contributed by atoms with Crippen LogP contribution >= 0.6 is 11.3 Å². The Hall–Kier alpha value is -0.870. The molecule has 3 N–H and O–H groups in total. The summed E-state index contributed by atoms with van der Waals surface area (Å²) in [6.07, 6.45) is 5.62. The van der Waals surface area contributed by atoms with Gasteiger partial charge in [0.1, 0.15) is 0 Å². The van der Waals surface area contributed by atoms with Crippen LogP contribution in [-0.2, 0) is 0 Å². The molecule has 1 heterocycles. The fourth-order valence-corrected chi connectivity index (χ4v) is 3.18. The third kappa shape index (κ3) is 3.07. The number of hydrogen-bond acceptors (Lipinski definition) is 3. The smallest absolute Gasteiger partial charge is 0.252 e. The molecule has 0 radical (unpaired) electrons. The maximum absolute atomic E-state index is 12.1. The number of carbonyl (C=O) groups is 1. The normalized spacial score (nSPS) is 25.3. The molecule has 0 spiro atoms. The minimum absolute atomic E-state index is 0.0334. The van der Waals surface area contributed by atoms with Crippen LogP contribution in [0.4, 0.5) is 0 Å². The van der Waals surface area contributed by atoms with Gasteiger partial charge in [-0.25, -0.2) is 0 Å². The van der Waals surface area contributed by atoms with Gasteiger partial charge in [-0.1, -0.05) is 19.3 Å². The fraction of sp³-hybridized carbons (Fsp3) is 0.615. The Balaban J connectivity index is 2.00. The van der Waals surface area contributed by atoms with Crippen LogP contribution in [0.3, 0.4) is 0 Å². The topological polar surface area (TPSA) is 55.1 Å². The van der Waals surface area contributed by atoms with E-state index in [2.05, 4.69) is 5.32 Å². The maximum Gasteiger partial charge on any atom is 0.252 e. The summed E-state index contributed by atoms with van der Waals surface area (Å²) in [5, 5.41) is 7.01. The number of aryl methyl sites for hydroxylation is 1. The van der Waals surface area contributed by atoms with E-state index in [-0.39, 0.29) is 18.0 Å². The second-order valence-corrected chi connectivity index (χ2v) is 5.59. The minimum atomic E-state index is 0.0334. The van der Waals surface area contributed by atoms with Gasteiger partial charge in [0.2, 0.25) is 0 Å². The van der Waals surface area contributed by atoms with Crippen LogP contribution < -0.4 is 11.1 Å². The summed E-state index contributed by atoms with van der Waals surface area (Å²) in [6, 6.07) is 0.254. The lowest BCUT2D eigenvalue weighted by atomic mass is 10.0. The highest BCUT2D eigenvalue weighted by Crippen LogP contribution is 2.18. The van der Waals surface area contributed by atoms with Gasteiger partial charge < -0.3 is 11.1 Å². The van der Waals surface area contributed by atoms with Crippen molar-refractivity contribution < 1.29 is 4.79 Å². The summed E-state index contributed by atoms with van der Waals surface area (Å²) in [5.41, 5.74) is 7.95. The van der Waals surface area contributed by atoms with Crippen molar-refractivity contribution in [2.24, 2.45) is 5.73 Å². The number of carbonyl (C=O) groups excluding carboxylic acids is 1. The van der Waals surface area contributed by atoms with Gasteiger partial charge in [0, 0.05) is 17.5 Å². The highest BCUT2D eigenvalue weighted by molar-refractivity contribution is 7.08. The Morgan fingerprint density at radius 2 is 2.12 bits per heavy atom. The zero-order valence-electron chi connectivity index (χ0n) is 10.2. The molecule has 17 heavy (non-hydrogen) atoms. The molecule has 1 aromatic rings. The molecule has 2 rings (SSSR count). The van der Waals surface area contributed by atoms with E-state index in [1.54, 1.807) is 11.3 Å². The summed E-state index contributed by atoms with van der Waals surface area (Å²) in [4.78, 5) is 12.1. The van der Waals surface area contributed by atoms with Gasteiger partial charge in [0.15, 0.2) is 0 Å². The maximum atomic E-state index is 12.1. The van der Waals surface area contributed by atoms with Crippen molar-refractivity contribution in [3.8, 4) is 0 Å². The van der Waals surface area contributed by atoms with Crippen LogP contribution in [0.15, 0.2) is 10.8 Å². The summed E-state index contributed by atoms with van der Waals surface area (Å²) in [7, 11) is 0. The van der Waals surface area contributed by atoms with Crippen LogP contribution in [0.5, 0.6) is 0 Å². The Morgan fingerprint density at radius 1 is 1.35 bits per heavy atom. The first-order valence-corrected chi connectivity index (χ1v) is 7.22. The third-order valence-electron chi connectivity index (χ3n) is 3.49. The molecule has 1 aromatic heterocycles. The van der Waals surface area contributed by atoms with Crippen molar-refractivity contribution >= 4 is 17.2 Å². The molecule has 3 nitrogen and oxygen atoms in total. The molecule has 0 aromatic carbocycles. The van der Waals surface area contributed by atoms with E-state index in [4.69, 9.17) is 5.73 Å². The lowest BCUT2D eigenvalue weighted by Crippen LogP contribution is -2.47. The lowest BCUT2D eigenvalue weighted by Gasteiger charge is -2.22. The standard InChI is InChI=1S/C13H20N2OS/c1-9-7-17-8-10(9)13(16)15-12-6-4-2-3-5-11(12)14/h7-8,11-12H,2-6,14H2,1H3,(H,15,16). The Bertz CT molecular complexity index is 389. The molecule has 0 aliphatic heterocycles. The minimum Gasteiger partial charge on any atom is -0.348 e. The first-order chi connectivity index (χ1) is 8.18. The molecule has 1 aliphatic carbocycles.